The standard InChI is InChI=1S/C41H31FN4S/c1-41(2)29-16-5-7-18-31(29)46(35-21-10-11-22-43-35)33-24-28(36-27-15-4-9-20-34(27)47-39(36)37(33)41)38(42)25-13-12-14-26(23-25)40-44-30-17-6-8-19-32(30)45(40)3/h4-24,38H,1-3H3. The van der Waals surface area contributed by atoms with Crippen LogP contribution in [0.2, 0.25) is 0 Å². The maximum absolute atomic E-state index is 17.5. The Labute approximate surface area is 276 Å². The number of hydrogen-bond donors (Lipinski definition) is 0. The third kappa shape index (κ3) is 4.11. The minimum absolute atomic E-state index is 0.333. The number of hydrogen-bond acceptors (Lipinski definition) is 4. The first-order valence-corrected chi connectivity index (χ1v) is 16.7. The highest BCUT2D eigenvalue weighted by atomic mass is 32.1. The Balaban J connectivity index is 1.31. The average molecular weight is 631 g/mol. The summed E-state index contributed by atoms with van der Waals surface area (Å²) >= 11 is 1.75. The number of halogens is 1. The Kier molecular flexibility index (Phi) is 6.15. The Morgan fingerprint density at radius 3 is 2.43 bits per heavy atom. The quantitative estimate of drug-likeness (QED) is 0.194. The van der Waals surface area contributed by atoms with Crippen molar-refractivity contribution in [2.24, 2.45) is 7.05 Å². The van der Waals surface area contributed by atoms with Gasteiger partial charge in [0.05, 0.1) is 22.4 Å². The summed E-state index contributed by atoms with van der Waals surface area (Å²) in [5.74, 6) is 1.62. The molecule has 9 rings (SSSR count). The first-order valence-electron chi connectivity index (χ1n) is 15.9. The van der Waals surface area contributed by atoms with Crippen LogP contribution in [0.1, 0.15) is 42.3 Å². The molecule has 1 atom stereocenters. The van der Waals surface area contributed by atoms with Gasteiger partial charge in [0, 0.05) is 55.5 Å². The zero-order valence-corrected chi connectivity index (χ0v) is 27.1. The number of imidazole rings is 1. The van der Waals surface area contributed by atoms with Crippen molar-refractivity contribution in [3.05, 3.63) is 150 Å². The van der Waals surface area contributed by atoms with Crippen LogP contribution in [0.15, 0.2) is 128 Å². The van der Waals surface area contributed by atoms with Gasteiger partial charge in [0.15, 0.2) is 6.17 Å². The SMILES string of the molecule is Cn1c(-c2cccc(C(F)c3cc4c(c5sc6ccccc6c35)C(C)(C)c3ccccc3N4c3ccccn3)c2)nc2ccccc21. The monoisotopic (exact) mass is 630 g/mol. The summed E-state index contributed by atoms with van der Waals surface area (Å²) in [7, 11) is 2.01. The van der Waals surface area contributed by atoms with E-state index in [1.54, 1.807) is 11.3 Å². The van der Waals surface area contributed by atoms with Crippen LogP contribution in [0, 0.1) is 0 Å². The lowest BCUT2D eigenvalue weighted by Gasteiger charge is -2.42. The third-order valence-electron chi connectivity index (χ3n) is 9.72. The first-order chi connectivity index (χ1) is 22.9. The van der Waals surface area contributed by atoms with E-state index in [0.29, 0.717) is 11.1 Å². The lowest BCUT2D eigenvalue weighted by Crippen LogP contribution is -2.31. The van der Waals surface area contributed by atoms with Crippen molar-refractivity contribution in [3.8, 4) is 11.4 Å². The average Bonchev–Trinajstić information content (AvgIpc) is 3.66. The van der Waals surface area contributed by atoms with Gasteiger partial charge >= 0.3 is 0 Å². The smallest absolute Gasteiger partial charge is 0.151 e. The molecule has 228 valence electrons. The fourth-order valence-electron chi connectivity index (χ4n) is 7.51. The Morgan fingerprint density at radius 2 is 1.57 bits per heavy atom. The van der Waals surface area contributed by atoms with E-state index in [4.69, 9.17) is 9.97 Å². The van der Waals surface area contributed by atoms with Gasteiger partial charge < -0.3 is 4.57 Å². The molecule has 4 nitrogen and oxygen atoms in total. The van der Waals surface area contributed by atoms with Crippen molar-refractivity contribution in [2.45, 2.75) is 25.4 Å². The molecule has 6 heteroatoms. The molecule has 0 bridgehead atoms. The number of nitrogens with zero attached hydrogens (tertiary/aromatic N) is 4. The Hall–Kier alpha value is -5.33. The van der Waals surface area contributed by atoms with Gasteiger partial charge in [-0.2, -0.15) is 0 Å². The number of alkyl halides is 1. The highest BCUT2D eigenvalue weighted by Crippen LogP contribution is 2.57. The zero-order valence-electron chi connectivity index (χ0n) is 26.3. The van der Waals surface area contributed by atoms with Crippen molar-refractivity contribution in [2.75, 3.05) is 4.90 Å². The van der Waals surface area contributed by atoms with Gasteiger partial charge in [0.1, 0.15) is 11.6 Å². The largest absolute Gasteiger partial charge is 0.327 e. The minimum Gasteiger partial charge on any atom is -0.327 e. The normalized spacial score (nSPS) is 14.4. The second-order valence-electron chi connectivity index (χ2n) is 12.8. The van der Waals surface area contributed by atoms with Crippen LogP contribution in [0.3, 0.4) is 0 Å². The summed E-state index contributed by atoms with van der Waals surface area (Å²) in [6.45, 7) is 4.58. The summed E-state index contributed by atoms with van der Waals surface area (Å²) in [6.07, 6.45) is 0.446. The molecule has 0 saturated carbocycles. The molecule has 0 saturated heterocycles. The number of rotatable bonds is 4. The fraction of sp³-hybridized carbons (Fsp3) is 0.122. The molecule has 4 heterocycles. The molecule has 8 aromatic rings. The molecule has 0 aliphatic carbocycles. The zero-order chi connectivity index (χ0) is 31.9. The maximum Gasteiger partial charge on any atom is 0.151 e. The lowest BCUT2D eigenvalue weighted by atomic mass is 9.72. The number of aryl methyl sites for hydroxylation is 1. The molecular weight excluding hydrogens is 600 g/mol. The molecule has 1 unspecified atom stereocenters. The van der Waals surface area contributed by atoms with Gasteiger partial charge in [-0.1, -0.05) is 86.6 Å². The molecule has 0 fully saturated rings. The van der Waals surface area contributed by atoms with E-state index in [-0.39, 0.29) is 5.41 Å². The second kappa shape index (κ2) is 10.3. The maximum atomic E-state index is 17.5. The molecule has 47 heavy (non-hydrogen) atoms. The van der Waals surface area contributed by atoms with Gasteiger partial charge in [0.2, 0.25) is 0 Å². The molecule has 0 N–H and O–H groups in total. The van der Waals surface area contributed by atoms with Crippen LogP contribution in [0.5, 0.6) is 0 Å². The number of fused-ring (bicyclic) bond motifs is 7. The van der Waals surface area contributed by atoms with Gasteiger partial charge in [-0.05, 0) is 59.7 Å². The van der Waals surface area contributed by atoms with Gasteiger partial charge in [-0.15, -0.1) is 11.3 Å². The van der Waals surface area contributed by atoms with Crippen LogP contribution < -0.4 is 4.90 Å². The molecule has 3 aromatic heterocycles. The van der Waals surface area contributed by atoms with Gasteiger partial charge in [-0.3, -0.25) is 4.90 Å². The molecular formula is C41H31FN4S. The number of thiophene rings is 1. The number of benzene rings is 5. The van der Waals surface area contributed by atoms with E-state index in [2.05, 4.69) is 84.0 Å². The van der Waals surface area contributed by atoms with Gasteiger partial charge in [0.25, 0.3) is 0 Å². The molecule has 1 aliphatic heterocycles. The summed E-state index contributed by atoms with van der Waals surface area (Å²) in [4.78, 5) is 11.9. The fourth-order valence-corrected chi connectivity index (χ4v) is 8.95. The third-order valence-corrected chi connectivity index (χ3v) is 10.9. The van der Waals surface area contributed by atoms with Crippen LogP contribution in [-0.4, -0.2) is 14.5 Å². The minimum atomic E-state index is -1.37. The number of para-hydroxylation sites is 3. The van der Waals surface area contributed by atoms with Crippen LogP contribution in [-0.2, 0) is 12.5 Å². The van der Waals surface area contributed by atoms with Crippen LogP contribution >= 0.6 is 11.3 Å². The number of aromatic nitrogens is 3. The summed E-state index contributed by atoms with van der Waals surface area (Å²) < 4.78 is 21.9. The lowest BCUT2D eigenvalue weighted by molar-refractivity contribution is 0.404. The molecule has 1 aliphatic rings. The van der Waals surface area contributed by atoms with Crippen molar-refractivity contribution in [3.63, 3.8) is 0 Å². The first kappa shape index (κ1) is 27.9. The molecule has 5 aromatic carbocycles. The van der Waals surface area contributed by atoms with E-state index < -0.39 is 6.17 Å². The Bertz CT molecular complexity index is 2490. The van der Waals surface area contributed by atoms with Crippen molar-refractivity contribution in [1.29, 1.82) is 0 Å². The molecule has 0 spiro atoms. The molecule has 0 radical (unpaired) electrons. The van der Waals surface area contributed by atoms with Crippen molar-refractivity contribution in [1.82, 2.24) is 14.5 Å². The topological polar surface area (TPSA) is 34.0 Å². The summed E-state index contributed by atoms with van der Waals surface area (Å²) in [5, 5.41) is 2.07. The van der Waals surface area contributed by atoms with E-state index in [1.165, 1.54) is 11.1 Å². The van der Waals surface area contributed by atoms with Gasteiger partial charge in [-0.25, -0.2) is 14.4 Å². The highest BCUT2D eigenvalue weighted by molar-refractivity contribution is 7.26. The van der Waals surface area contributed by atoms with Crippen molar-refractivity contribution >= 4 is 59.7 Å². The predicted octanol–water partition coefficient (Wildman–Crippen LogP) is 11.2. The van der Waals surface area contributed by atoms with Crippen molar-refractivity contribution < 1.29 is 4.39 Å². The number of anilines is 3. The number of pyridine rings is 1. The van der Waals surface area contributed by atoms with E-state index in [1.807, 2.05) is 73.9 Å². The van der Waals surface area contributed by atoms with E-state index >= 15 is 4.39 Å². The summed E-state index contributed by atoms with van der Waals surface area (Å²) in [6, 6.07) is 40.9. The van der Waals surface area contributed by atoms with Crippen LogP contribution in [0.25, 0.3) is 42.6 Å². The predicted molar refractivity (Wildman–Crippen MR) is 193 cm³/mol. The van der Waals surface area contributed by atoms with E-state index in [9.17, 15) is 0 Å². The van der Waals surface area contributed by atoms with Crippen LogP contribution in [0.4, 0.5) is 21.6 Å². The second-order valence-corrected chi connectivity index (χ2v) is 13.9. The molecule has 0 amide bonds. The summed E-state index contributed by atoms with van der Waals surface area (Å²) in [5.41, 5.74) is 8.23. The Morgan fingerprint density at radius 1 is 0.787 bits per heavy atom. The highest BCUT2D eigenvalue weighted by Gasteiger charge is 2.40. The van der Waals surface area contributed by atoms with E-state index in [0.717, 1.165) is 59.8 Å².